The van der Waals surface area contributed by atoms with Crippen molar-refractivity contribution in [3.8, 4) is 0 Å². The molecule has 1 saturated heterocycles. The summed E-state index contributed by atoms with van der Waals surface area (Å²) < 4.78 is 0. The van der Waals surface area contributed by atoms with Gasteiger partial charge in [0.25, 0.3) is 0 Å². The van der Waals surface area contributed by atoms with Crippen LogP contribution < -0.4 is 0 Å². The van der Waals surface area contributed by atoms with Gasteiger partial charge >= 0.3 is 0 Å². The van der Waals surface area contributed by atoms with E-state index < -0.39 is 0 Å². The normalized spacial score (nSPS) is 18.3. The van der Waals surface area contributed by atoms with E-state index in [4.69, 9.17) is 23.2 Å². The molecule has 22 heavy (non-hydrogen) atoms. The summed E-state index contributed by atoms with van der Waals surface area (Å²) in [4.78, 5) is 2.55. The Kier molecular flexibility index (Phi) is 5.07. The largest absolute Gasteiger partial charge is 0.292 e. The van der Waals surface area contributed by atoms with E-state index in [1.807, 2.05) is 12.1 Å². The van der Waals surface area contributed by atoms with Gasteiger partial charge in [0.15, 0.2) is 0 Å². The molecule has 1 aliphatic rings. The highest BCUT2D eigenvalue weighted by Crippen LogP contribution is 2.34. The SMILES string of the molecule is CC1CCN([C@@H](c2ccccc2)c2cc(Cl)cc(Cl)c2)CC1. The van der Waals surface area contributed by atoms with Crippen molar-refractivity contribution in [3.05, 3.63) is 69.7 Å². The van der Waals surface area contributed by atoms with Crippen molar-refractivity contribution in [2.75, 3.05) is 13.1 Å². The van der Waals surface area contributed by atoms with Crippen molar-refractivity contribution in [2.24, 2.45) is 5.92 Å². The molecule has 3 heteroatoms. The van der Waals surface area contributed by atoms with Gasteiger partial charge in [-0.1, -0.05) is 60.5 Å². The first kappa shape index (κ1) is 15.9. The molecular formula is C19H21Cl2N. The van der Waals surface area contributed by atoms with E-state index >= 15 is 0 Å². The van der Waals surface area contributed by atoms with Crippen LogP contribution in [-0.4, -0.2) is 18.0 Å². The molecule has 0 unspecified atom stereocenters. The maximum Gasteiger partial charge on any atom is 0.0602 e. The molecule has 116 valence electrons. The van der Waals surface area contributed by atoms with Crippen molar-refractivity contribution < 1.29 is 0 Å². The fraction of sp³-hybridized carbons (Fsp3) is 0.368. The zero-order chi connectivity index (χ0) is 15.5. The van der Waals surface area contributed by atoms with Gasteiger partial charge in [-0.05, 0) is 61.2 Å². The molecule has 0 bridgehead atoms. The predicted octanol–water partition coefficient (Wildman–Crippen LogP) is 5.81. The number of piperidine rings is 1. The van der Waals surface area contributed by atoms with Gasteiger partial charge in [-0.15, -0.1) is 0 Å². The number of hydrogen-bond acceptors (Lipinski definition) is 1. The molecule has 1 atom stereocenters. The molecule has 0 aromatic heterocycles. The van der Waals surface area contributed by atoms with E-state index in [1.54, 1.807) is 6.07 Å². The minimum Gasteiger partial charge on any atom is -0.292 e. The van der Waals surface area contributed by atoms with Crippen molar-refractivity contribution in [2.45, 2.75) is 25.8 Å². The third-order valence-electron chi connectivity index (χ3n) is 4.50. The lowest BCUT2D eigenvalue weighted by Crippen LogP contribution is -2.36. The molecule has 1 nitrogen and oxygen atoms in total. The van der Waals surface area contributed by atoms with Gasteiger partial charge in [0.05, 0.1) is 6.04 Å². The van der Waals surface area contributed by atoms with Crippen LogP contribution in [0, 0.1) is 5.92 Å². The van der Waals surface area contributed by atoms with E-state index in [-0.39, 0.29) is 6.04 Å². The van der Waals surface area contributed by atoms with Crippen LogP contribution in [0.4, 0.5) is 0 Å². The fourth-order valence-electron chi connectivity index (χ4n) is 3.27. The summed E-state index contributed by atoms with van der Waals surface area (Å²) in [6.45, 7) is 4.57. The van der Waals surface area contributed by atoms with Crippen LogP contribution >= 0.6 is 23.2 Å². The maximum atomic E-state index is 6.24. The van der Waals surface area contributed by atoms with E-state index in [0.29, 0.717) is 10.0 Å². The van der Waals surface area contributed by atoms with Crippen LogP contribution in [0.25, 0.3) is 0 Å². The van der Waals surface area contributed by atoms with E-state index in [1.165, 1.54) is 24.0 Å². The Morgan fingerprint density at radius 2 is 1.50 bits per heavy atom. The highest BCUT2D eigenvalue weighted by molar-refractivity contribution is 6.34. The Bertz CT molecular complexity index is 598. The summed E-state index contributed by atoms with van der Waals surface area (Å²) in [5.41, 5.74) is 2.48. The van der Waals surface area contributed by atoms with Gasteiger partial charge in [-0.25, -0.2) is 0 Å². The Morgan fingerprint density at radius 3 is 2.09 bits per heavy atom. The standard InChI is InChI=1S/C19H21Cl2N/c1-14-7-9-22(10-8-14)19(15-5-3-2-4-6-15)16-11-17(20)13-18(21)12-16/h2-6,11-14,19H,7-10H2,1H3/t19-/m0/s1. The zero-order valence-corrected chi connectivity index (χ0v) is 14.3. The van der Waals surface area contributed by atoms with Crippen LogP contribution in [0.3, 0.4) is 0 Å². The predicted molar refractivity (Wildman–Crippen MR) is 94.7 cm³/mol. The van der Waals surface area contributed by atoms with Gasteiger partial charge in [0, 0.05) is 10.0 Å². The first-order valence-corrected chi connectivity index (χ1v) is 8.64. The fourth-order valence-corrected chi connectivity index (χ4v) is 3.81. The first-order valence-electron chi connectivity index (χ1n) is 7.88. The lowest BCUT2D eigenvalue weighted by Gasteiger charge is -2.37. The molecular weight excluding hydrogens is 313 g/mol. The monoisotopic (exact) mass is 333 g/mol. The van der Waals surface area contributed by atoms with Gasteiger partial charge in [-0.2, -0.15) is 0 Å². The van der Waals surface area contributed by atoms with Crippen molar-refractivity contribution >= 4 is 23.2 Å². The van der Waals surface area contributed by atoms with Crippen LogP contribution in [-0.2, 0) is 0 Å². The highest BCUT2D eigenvalue weighted by Gasteiger charge is 2.26. The molecule has 0 N–H and O–H groups in total. The summed E-state index contributed by atoms with van der Waals surface area (Å²) in [6, 6.07) is 16.8. The molecule has 1 fully saturated rings. The summed E-state index contributed by atoms with van der Waals surface area (Å²) in [5.74, 6) is 0.815. The second-order valence-corrected chi connectivity index (χ2v) is 7.11. The number of nitrogens with zero attached hydrogens (tertiary/aromatic N) is 1. The van der Waals surface area contributed by atoms with Crippen LogP contribution in [0.15, 0.2) is 48.5 Å². The molecule has 1 heterocycles. The molecule has 0 aliphatic carbocycles. The lowest BCUT2D eigenvalue weighted by atomic mass is 9.92. The molecule has 2 aromatic rings. The van der Waals surface area contributed by atoms with Gasteiger partial charge in [0.1, 0.15) is 0 Å². The van der Waals surface area contributed by atoms with Gasteiger partial charge < -0.3 is 0 Å². The molecule has 3 rings (SSSR count). The summed E-state index contributed by atoms with van der Waals surface area (Å²) in [5, 5.41) is 1.41. The van der Waals surface area contributed by atoms with Crippen molar-refractivity contribution in [1.82, 2.24) is 4.90 Å². The maximum absolute atomic E-state index is 6.24. The van der Waals surface area contributed by atoms with E-state index in [0.717, 1.165) is 19.0 Å². The number of halogens is 2. The topological polar surface area (TPSA) is 3.24 Å². The Labute approximate surface area is 142 Å². The molecule has 0 saturated carbocycles. The number of rotatable bonds is 3. The van der Waals surface area contributed by atoms with Crippen LogP contribution in [0.1, 0.15) is 36.9 Å². The quantitative estimate of drug-likeness (QED) is 0.684. The minimum absolute atomic E-state index is 0.227. The Hall–Kier alpha value is -1.02. The average Bonchev–Trinajstić information content (AvgIpc) is 2.50. The zero-order valence-electron chi connectivity index (χ0n) is 12.8. The number of benzene rings is 2. The van der Waals surface area contributed by atoms with E-state index in [9.17, 15) is 0 Å². The molecule has 1 aliphatic heterocycles. The number of likely N-dealkylation sites (tertiary alicyclic amines) is 1. The third-order valence-corrected chi connectivity index (χ3v) is 4.94. The third kappa shape index (κ3) is 3.65. The average molecular weight is 334 g/mol. The smallest absolute Gasteiger partial charge is 0.0602 e. The summed E-state index contributed by atoms with van der Waals surface area (Å²) in [6.07, 6.45) is 2.50. The minimum atomic E-state index is 0.227. The molecule has 2 aromatic carbocycles. The lowest BCUT2D eigenvalue weighted by molar-refractivity contribution is 0.157. The van der Waals surface area contributed by atoms with E-state index in [2.05, 4.69) is 42.2 Å². The Morgan fingerprint density at radius 1 is 0.909 bits per heavy atom. The second kappa shape index (κ2) is 7.04. The van der Waals surface area contributed by atoms with Crippen molar-refractivity contribution in [1.29, 1.82) is 0 Å². The first-order chi connectivity index (χ1) is 10.6. The van der Waals surface area contributed by atoms with Gasteiger partial charge in [0.2, 0.25) is 0 Å². The second-order valence-electron chi connectivity index (χ2n) is 6.23. The number of hydrogen-bond donors (Lipinski definition) is 0. The highest BCUT2D eigenvalue weighted by atomic mass is 35.5. The molecule has 0 radical (unpaired) electrons. The molecule has 0 spiro atoms. The Balaban J connectivity index is 1.99. The van der Waals surface area contributed by atoms with Crippen LogP contribution in [0.5, 0.6) is 0 Å². The molecule has 0 amide bonds. The summed E-state index contributed by atoms with van der Waals surface area (Å²) in [7, 11) is 0. The van der Waals surface area contributed by atoms with Gasteiger partial charge in [-0.3, -0.25) is 4.90 Å². The summed E-state index contributed by atoms with van der Waals surface area (Å²) >= 11 is 12.5. The van der Waals surface area contributed by atoms with Crippen LogP contribution in [0.2, 0.25) is 10.0 Å². The van der Waals surface area contributed by atoms with Crippen molar-refractivity contribution in [3.63, 3.8) is 0 Å².